The van der Waals surface area contributed by atoms with E-state index in [-0.39, 0.29) is 89.2 Å². The summed E-state index contributed by atoms with van der Waals surface area (Å²) >= 11 is 0. The van der Waals surface area contributed by atoms with Crippen molar-refractivity contribution in [1.29, 1.82) is 0 Å². The summed E-state index contributed by atoms with van der Waals surface area (Å²) in [6.07, 6.45) is 10.6. The first kappa shape index (κ1) is 43.2. The molecule has 0 heterocycles. The van der Waals surface area contributed by atoms with Crippen LogP contribution in [0.3, 0.4) is 0 Å². The number of rotatable bonds is 8. The third-order valence-corrected chi connectivity index (χ3v) is 16.2. The Kier molecular flexibility index (Phi) is 12.1. The Balaban J connectivity index is 0.00000290. The van der Waals surface area contributed by atoms with Gasteiger partial charge in [0.05, 0.1) is 10.8 Å². The maximum Gasteiger partial charge on any atom is 0.314 e. The van der Waals surface area contributed by atoms with Gasteiger partial charge in [-0.05, 0) is 122 Å². The molecule has 2 aromatic rings. The molecule has 9 heteroatoms. The third-order valence-electron chi connectivity index (χ3n) is 16.2. The fraction of sp³-hybridized carbons (Fsp3) is 0.587. The molecule has 0 unspecified atom stereocenters. The number of fused-ring (bicyclic) bond motifs is 7. The molecule has 7 nitrogen and oxygen atoms in total. The van der Waals surface area contributed by atoms with Gasteiger partial charge in [-0.15, -0.1) is 24.8 Å². The number of hydrazine groups is 1. The second-order valence-electron chi connectivity index (χ2n) is 18.8. The van der Waals surface area contributed by atoms with E-state index in [0.717, 1.165) is 56.1 Å². The van der Waals surface area contributed by atoms with Crippen molar-refractivity contribution in [3.05, 3.63) is 96.1 Å². The van der Waals surface area contributed by atoms with Crippen LogP contribution in [0.15, 0.2) is 85.0 Å². The average Bonchev–Trinajstić information content (AvgIpc) is 3.15. The Labute approximate surface area is 340 Å². The molecule has 10 atom stereocenters. The van der Waals surface area contributed by atoms with E-state index in [1.807, 2.05) is 73.7 Å². The van der Waals surface area contributed by atoms with E-state index >= 15 is 0 Å². The quantitative estimate of drug-likeness (QED) is 0.119. The minimum Gasteiger partial charge on any atom is -0.461 e. The van der Waals surface area contributed by atoms with E-state index in [9.17, 15) is 14.4 Å². The molecule has 0 saturated heterocycles. The zero-order chi connectivity index (χ0) is 38.0. The maximum absolute atomic E-state index is 15.0. The van der Waals surface area contributed by atoms with Gasteiger partial charge in [0, 0.05) is 12.0 Å². The maximum atomic E-state index is 15.0. The van der Waals surface area contributed by atoms with Gasteiger partial charge in [-0.3, -0.25) is 25.7 Å². The van der Waals surface area contributed by atoms with Crippen molar-refractivity contribution < 1.29 is 23.9 Å². The van der Waals surface area contributed by atoms with Crippen LogP contribution in [0.25, 0.3) is 0 Å². The van der Waals surface area contributed by atoms with Gasteiger partial charge >= 0.3 is 11.9 Å². The molecule has 0 spiro atoms. The van der Waals surface area contributed by atoms with Crippen LogP contribution in [-0.2, 0) is 23.9 Å². The first-order valence-corrected chi connectivity index (χ1v) is 19.9. The van der Waals surface area contributed by atoms with Crippen LogP contribution in [0.1, 0.15) is 117 Å². The molecule has 55 heavy (non-hydrogen) atoms. The number of ether oxygens (including phenoxy) is 2. The van der Waals surface area contributed by atoms with Gasteiger partial charge in [0.2, 0.25) is 0 Å². The molecular weight excluding hydrogens is 731 g/mol. The molecule has 5 aliphatic rings. The van der Waals surface area contributed by atoms with Gasteiger partial charge in [0.25, 0.3) is 0 Å². The van der Waals surface area contributed by atoms with E-state index in [1.54, 1.807) is 6.08 Å². The lowest BCUT2D eigenvalue weighted by molar-refractivity contribution is -0.204. The van der Waals surface area contributed by atoms with Crippen molar-refractivity contribution in [1.82, 2.24) is 5.43 Å². The van der Waals surface area contributed by atoms with Crippen molar-refractivity contribution in [2.75, 3.05) is 6.61 Å². The van der Waals surface area contributed by atoms with Gasteiger partial charge in [-0.25, -0.2) is 0 Å². The number of nitrogens with two attached hydrogens (primary N) is 1. The highest BCUT2D eigenvalue weighted by Gasteiger charge is 2.72. The lowest BCUT2D eigenvalue weighted by atomic mass is 9.33. The summed E-state index contributed by atoms with van der Waals surface area (Å²) in [5.41, 5.74) is 3.56. The minimum atomic E-state index is -0.884. The summed E-state index contributed by atoms with van der Waals surface area (Å²) in [4.78, 5) is 43.4. The van der Waals surface area contributed by atoms with Crippen LogP contribution < -0.4 is 11.3 Å². The number of esters is 2. The number of carbonyl (C=O) groups is 3. The summed E-state index contributed by atoms with van der Waals surface area (Å²) in [5.74, 6) is 5.63. The Morgan fingerprint density at radius 3 is 2.04 bits per heavy atom. The number of nitrogens with one attached hydrogen (secondary N) is 1. The highest BCUT2D eigenvalue weighted by Crippen LogP contribution is 2.75. The Morgan fingerprint density at radius 2 is 1.45 bits per heavy atom. The predicted octanol–water partition coefficient (Wildman–Crippen LogP) is 9.68. The molecule has 300 valence electrons. The molecule has 0 aromatic heterocycles. The van der Waals surface area contributed by atoms with Crippen LogP contribution in [0, 0.1) is 50.2 Å². The van der Waals surface area contributed by atoms with Crippen molar-refractivity contribution in [3.8, 4) is 0 Å². The topological polar surface area (TPSA) is 108 Å². The molecule has 3 N–H and O–H groups in total. The lowest BCUT2D eigenvalue weighted by Gasteiger charge is -2.70. The van der Waals surface area contributed by atoms with Gasteiger partial charge in [-0.2, -0.15) is 0 Å². The fourth-order valence-electron chi connectivity index (χ4n) is 12.7. The van der Waals surface area contributed by atoms with E-state index < -0.39 is 22.3 Å². The summed E-state index contributed by atoms with van der Waals surface area (Å²) < 4.78 is 12.3. The number of benzene rings is 2. The van der Waals surface area contributed by atoms with E-state index in [4.69, 9.17) is 15.3 Å². The molecule has 0 aliphatic heterocycles. The largest absolute Gasteiger partial charge is 0.461 e. The molecule has 4 saturated carbocycles. The molecular formula is C46H62Cl2N2O5. The second-order valence-corrected chi connectivity index (χ2v) is 18.8. The normalized spacial score (nSPS) is 39.0. The molecule has 0 radical (unpaired) electrons. The zero-order valence-electron chi connectivity index (χ0n) is 33.5. The summed E-state index contributed by atoms with van der Waals surface area (Å²) in [5, 5.41) is 0. The molecule has 7 rings (SSSR count). The van der Waals surface area contributed by atoms with E-state index in [1.165, 1.54) is 5.57 Å². The third kappa shape index (κ3) is 6.53. The molecule has 4 fully saturated rings. The number of hydrogen-bond donors (Lipinski definition) is 2. The molecule has 2 aromatic carbocycles. The van der Waals surface area contributed by atoms with Crippen LogP contribution in [0.2, 0.25) is 0 Å². The summed E-state index contributed by atoms with van der Waals surface area (Å²) in [6.45, 7) is 17.4. The molecule has 0 amide bonds. The predicted molar refractivity (Wildman–Crippen MR) is 221 cm³/mol. The zero-order valence-corrected chi connectivity index (χ0v) is 35.2. The first-order valence-electron chi connectivity index (χ1n) is 19.9. The SMILES string of the molecule is C=CCOC(=O)[C@]1(C)[C@@H](NN)CC[C@@]2(C)[C@H]1CC[C@]1(C)[C@@H]2C(=O)C=C2[C@@H]3C[C@@](C)(C(=O)OC(c4ccccc4)c4ccccc4)CC[C@]3(C)CC[C@]21C.Cl.Cl. The highest BCUT2D eigenvalue weighted by molar-refractivity contribution is 5.96. The van der Waals surface area contributed by atoms with Gasteiger partial charge in [-0.1, -0.05) is 107 Å². The van der Waals surface area contributed by atoms with Gasteiger partial charge in [0.15, 0.2) is 11.9 Å². The Bertz CT molecular complexity index is 1770. The van der Waals surface area contributed by atoms with Crippen molar-refractivity contribution in [3.63, 3.8) is 0 Å². The molecule has 5 aliphatic carbocycles. The van der Waals surface area contributed by atoms with Crippen LogP contribution >= 0.6 is 24.8 Å². The number of hydrogen-bond acceptors (Lipinski definition) is 7. The van der Waals surface area contributed by atoms with E-state index in [0.29, 0.717) is 12.8 Å². The standard InChI is InChI=1S/C46H60N2O5.2ClH/c1-8-27-52-40(51)46(7)35-19-22-45(6)38(43(35,4)21-20-36(46)48-47)34(49)28-32-33-29-42(3,24-23-41(33,2)25-26-44(32,45)5)39(50)53-37(30-15-11-9-12-16-30)31-17-13-10-14-18-31;;/h8-18,28,33,35-38,48H,1,19-27,29,47H2,2-7H3;2*1H/t33-,35+,36-,38+,41+,42-,43-,44+,45+,46-;;/m0../s1. The van der Waals surface area contributed by atoms with Gasteiger partial charge < -0.3 is 9.47 Å². The van der Waals surface area contributed by atoms with Crippen molar-refractivity contribution >= 4 is 42.5 Å². The Hall–Kier alpha value is -2.97. The van der Waals surface area contributed by atoms with Crippen LogP contribution in [0.4, 0.5) is 0 Å². The Morgan fingerprint density at radius 1 is 0.855 bits per heavy atom. The highest BCUT2D eigenvalue weighted by atomic mass is 35.5. The lowest BCUT2D eigenvalue weighted by Crippen LogP contribution is -2.69. The average molecular weight is 794 g/mol. The first-order chi connectivity index (χ1) is 25.1. The second kappa shape index (κ2) is 15.4. The van der Waals surface area contributed by atoms with Gasteiger partial charge in [0.1, 0.15) is 6.61 Å². The van der Waals surface area contributed by atoms with Crippen LogP contribution in [0.5, 0.6) is 0 Å². The number of halogens is 2. The monoisotopic (exact) mass is 792 g/mol. The van der Waals surface area contributed by atoms with Crippen molar-refractivity contribution in [2.45, 2.75) is 111 Å². The van der Waals surface area contributed by atoms with Crippen LogP contribution in [-0.4, -0.2) is 30.4 Å². The fourth-order valence-corrected chi connectivity index (χ4v) is 12.7. The smallest absolute Gasteiger partial charge is 0.314 e. The van der Waals surface area contributed by atoms with E-state index in [2.05, 4.69) is 46.6 Å². The number of ketones is 1. The number of allylic oxidation sites excluding steroid dienone is 2. The summed E-state index contributed by atoms with van der Waals surface area (Å²) in [7, 11) is 0. The minimum absolute atomic E-state index is 0. The molecule has 0 bridgehead atoms. The summed E-state index contributed by atoms with van der Waals surface area (Å²) in [6, 6.07) is 19.7. The van der Waals surface area contributed by atoms with Crippen molar-refractivity contribution in [2.24, 2.45) is 56.1 Å². The number of carbonyl (C=O) groups excluding carboxylic acids is 3.